The molecule has 116 valence electrons. The van der Waals surface area contributed by atoms with Crippen LogP contribution in [0.5, 0.6) is 0 Å². The molecule has 0 aliphatic heterocycles. The molecule has 0 aromatic rings. The van der Waals surface area contributed by atoms with Crippen LogP contribution in [0.1, 0.15) is 7.43 Å². The Morgan fingerprint density at radius 3 is 0.714 bits per heavy atom. The monoisotopic (exact) mass is 300 g/mol. The minimum Gasteiger partial charge on any atom is -0.478 e. The number of rotatable bonds is 6. The van der Waals surface area contributed by atoms with Gasteiger partial charge in [-0.05, 0) is 0 Å². The topological polar surface area (TPSA) is 149 Å². The molecular formula is C13H16O8. The van der Waals surface area contributed by atoms with Crippen molar-refractivity contribution in [3.8, 4) is 0 Å². The van der Waals surface area contributed by atoms with Crippen LogP contribution in [-0.2, 0) is 19.2 Å². The van der Waals surface area contributed by atoms with E-state index in [0.29, 0.717) is 0 Å². The van der Waals surface area contributed by atoms with Gasteiger partial charge in [-0.15, -0.1) is 0 Å². The van der Waals surface area contributed by atoms with Gasteiger partial charge in [-0.3, -0.25) is 0 Å². The molecule has 0 rings (SSSR count). The second kappa shape index (κ2) is 14.9. The smallest absolute Gasteiger partial charge is 0.328 e. The molecule has 21 heavy (non-hydrogen) atoms. The molecule has 8 heteroatoms. The number of carboxylic acid groups (broad SMARTS) is 4. The van der Waals surface area contributed by atoms with Gasteiger partial charge in [0.15, 0.2) is 0 Å². The van der Waals surface area contributed by atoms with Crippen molar-refractivity contribution in [1.29, 1.82) is 0 Å². The molecule has 0 unspecified atom stereocenters. The van der Waals surface area contributed by atoms with Crippen LogP contribution < -0.4 is 0 Å². The molecule has 0 aromatic heterocycles. The Morgan fingerprint density at radius 1 is 0.476 bits per heavy atom. The molecular weight excluding hydrogens is 284 g/mol. The van der Waals surface area contributed by atoms with Crippen molar-refractivity contribution in [1.82, 2.24) is 0 Å². The van der Waals surface area contributed by atoms with Crippen LogP contribution in [-0.4, -0.2) is 44.3 Å². The van der Waals surface area contributed by atoms with Crippen molar-refractivity contribution < 1.29 is 39.6 Å². The van der Waals surface area contributed by atoms with Crippen molar-refractivity contribution in [3.63, 3.8) is 0 Å². The Kier molecular flexibility index (Phi) is 16.3. The van der Waals surface area contributed by atoms with Crippen LogP contribution in [0, 0.1) is 0 Å². The van der Waals surface area contributed by atoms with E-state index in [1.807, 2.05) is 0 Å². The summed E-state index contributed by atoms with van der Waals surface area (Å²) < 4.78 is 0. The van der Waals surface area contributed by atoms with E-state index >= 15 is 0 Å². The first kappa shape index (κ1) is 23.0. The van der Waals surface area contributed by atoms with Gasteiger partial charge in [0.25, 0.3) is 0 Å². The number of aliphatic carboxylic acids is 4. The standard InChI is InChI=1S/2C6H6O4.CH4/c2*7-5(8)3-1-2-4-6(9)10;/h2*1-4H,(H,7,8)(H,9,10);1H4/b3-1-,4-2+;3-1-,4-2-;. The van der Waals surface area contributed by atoms with E-state index in [9.17, 15) is 19.2 Å². The van der Waals surface area contributed by atoms with E-state index in [1.165, 1.54) is 0 Å². The Bertz CT molecular complexity index is 381. The van der Waals surface area contributed by atoms with Gasteiger partial charge >= 0.3 is 23.9 Å². The first-order valence-electron chi connectivity index (χ1n) is 4.87. The highest BCUT2D eigenvalue weighted by atomic mass is 16.4. The molecule has 0 amide bonds. The summed E-state index contributed by atoms with van der Waals surface area (Å²) >= 11 is 0. The second-order valence-corrected chi connectivity index (χ2v) is 2.79. The molecule has 0 aromatic carbocycles. The summed E-state index contributed by atoms with van der Waals surface area (Å²) in [6.07, 6.45) is 7.93. The van der Waals surface area contributed by atoms with Crippen molar-refractivity contribution in [2.75, 3.05) is 0 Å². The molecule has 0 fully saturated rings. The fraction of sp³-hybridized carbons (Fsp3) is 0.0769. The molecule has 0 aliphatic carbocycles. The molecule has 0 radical (unpaired) electrons. The van der Waals surface area contributed by atoms with Gasteiger partial charge in [0.05, 0.1) is 0 Å². The maximum absolute atomic E-state index is 9.78. The molecule has 0 aliphatic rings. The Morgan fingerprint density at radius 2 is 0.619 bits per heavy atom. The highest BCUT2D eigenvalue weighted by molar-refractivity contribution is 5.83. The highest BCUT2D eigenvalue weighted by Gasteiger charge is 1.84. The molecule has 4 N–H and O–H groups in total. The quantitative estimate of drug-likeness (QED) is 0.422. The summed E-state index contributed by atoms with van der Waals surface area (Å²) in [6.45, 7) is 0. The van der Waals surface area contributed by atoms with Crippen molar-refractivity contribution in [2.45, 2.75) is 7.43 Å². The van der Waals surface area contributed by atoms with Gasteiger partial charge in [-0.2, -0.15) is 0 Å². The number of carboxylic acids is 4. The van der Waals surface area contributed by atoms with Crippen LogP contribution in [0.4, 0.5) is 0 Å². The lowest BCUT2D eigenvalue weighted by Gasteiger charge is -1.75. The van der Waals surface area contributed by atoms with Gasteiger partial charge in [-0.25, -0.2) is 19.2 Å². The van der Waals surface area contributed by atoms with E-state index in [0.717, 1.165) is 48.6 Å². The largest absolute Gasteiger partial charge is 0.478 e. The maximum atomic E-state index is 9.78. The first-order valence-corrected chi connectivity index (χ1v) is 4.87. The average Bonchev–Trinajstić information content (AvgIpc) is 2.30. The zero-order valence-electron chi connectivity index (χ0n) is 10.0. The number of allylic oxidation sites excluding steroid dienone is 4. The predicted octanol–water partition coefficient (Wildman–Crippen LogP) is 1.17. The Hall–Kier alpha value is -3.16. The maximum Gasteiger partial charge on any atom is 0.328 e. The summed E-state index contributed by atoms with van der Waals surface area (Å²) in [5, 5.41) is 32.0. The summed E-state index contributed by atoms with van der Waals surface area (Å²) in [7, 11) is 0. The van der Waals surface area contributed by atoms with Crippen LogP contribution in [0.25, 0.3) is 0 Å². The third-order valence-corrected chi connectivity index (χ3v) is 1.18. The lowest BCUT2D eigenvalue weighted by Crippen LogP contribution is -1.86. The van der Waals surface area contributed by atoms with E-state index in [4.69, 9.17) is 20.4 Å². The van der Waals surface area contributed by atoms with Crippen molar-refractivity contribution in [3.05, 3.63) is 48.6 Å². The fourth-order valence-electron chi connectivity index (χ4n) is 0.551. The lowest BCUT2D eigenvalue weighted by atomic mass is 10.4. The summed E-state index contributed by atoms with van der Waals surface area (Å²) in [4.78, 5) is 39.1. The molecule has 0 spiro atoms. The lowest BCUT2D eigenvalue weighted by molar-refractivity contribution is -0.132. The normalized spacial score (nSPS) is 10.3. The fourth-order valence-corrected chi connectivity index (χ4v) is 0.551. The first-order chi connectivity index (χ1) is 9.25. The van der Waals surface area contributed by atoms with Crippen LogP contribution >= 0.6 is 0 Å². The zero-order chi connectivity index (χ0) is 16.0. The van der Waals surface area contributed by atoms with E-state index in [-0.39, 0.29) is 7.43 Å². The van der Waals surface area contributed by atoms with Crippen LogP contribution in [0.15, 0.2) is 48.6 Å². The molecule has 8 nitrogen and oxygen atoms in total. The Labute approximate surface area is 120 Å². The molecule has 0 saturated heterocycles. The minimum atomic E-state index is -1.10. The van der Waals surface area contributed by atoms with Gasteiger partial charge in [0.2, 0.25) is 0 Å². The summed E-state index contributed by atoms with van der Waals surface area (Å²) in [5.41, 5.74) is 0. The van der Waals surface area contributed by atoms with Gasteiger partial charge in [0.1, 0.15) is 0 Å². The third kappa shape index (κ3) is 31.6. The predicted molar refractivity (Wildman–Crippen MR) is 73.8 cm³/mol. The van der Waals surface area contributed by atoms with Crippen molar-refractivity contribution in [2.24, 2.45) is 0 Å². The van der Waals surface area contributed by atoms with E-state index in [1.54, 1.807) is 0 Å². The number of hydrogen-bond donors (Lipinski definition) is 4. The van der Waals surface area contributed by atoms with Gasteiger partial charge < -0.3 is 20.4 Å². The zero-order valence-corrected chi connectivity index (χ0v) is 10.0. The number of hydrogen-bond acceptors (Lipinski definition) is 4. The molecule has 0 atom stereocenters. The van der Waals surface area contributed by atoms with Gasteiger partial charge in [0, 0.05) is 24.3 Å². The molecule has 0 saturated carbocycles. The second-order valence-electron chi connectivity index (χ2n) is 2.79. The number of carbonyl (C=O) groups is 4. The third-order valence-electron chi connectivity index (χ3n) is 1.18. The van der Waals surface area contributed by atoms with E-state index in [2.05, 4.69) is 0 Å². The Balaban J connectivity index is -0.000000295. The average molecular weight is 300 g/mol. The van der Waals surface area contributed by atoms with Gasteiger partial charge in [-0.1, -0.05) is 31.7 Å². The van der Waals surface area contributed by atoms with Crippen LogP contribution in [0.2, 0.25) is 0 Å². The SMILES string of the molecule is C.O=C(O)/C=C\C=C/C(=O)O.O=C(O)/C=C\C=C\C(=O)O. The molecule has 0 bridgehead atoms. The highest BCUT2D eigenvalue weighted by Crippen LogP contribution is 1.77. The molecule has 0 heterocycles. The van der Waals surface area contributed by atoms with Crippen molar-refractivity contribution >= 4 is 23.9 Å². The minimum absolute atomic E-state index is 0. The van der Waals surface area contributed by atoms with Crippen LogP contribution in [0.3, 0.4) is 0 Å². The van der Waals surface area contributed by atoms with E-state index < -0.39 is 23.9 Å². The summed E-state index contributed by atoms with van der Waals surface area (Å²) in [5.74, 6) is -4.41. The summed E-state index contributed by atoms with van der Waals surface area (Å²) in [6, 6.07) is 0.